The molecule has 0 fully saturated rings. The number of fused-ring (bicyclic) bond motifs is 1. The number of amides is 1. The molecule has 1 aromatic rings. The van der Waals surface area contributed by atoms with Crippen LogP contribution in [0.3, 0.4) is 0 Å². The lowest BCUT2D eigenvalue weighted by molar-refractivity contribution is -0.150. The number of hydrogen-bond acceptors (Lipinski definition) is 4. The summed E-state index contributed by atoms with van der Waals surface area (Å²) in [7, 11) is 1.19. The molecule has 0 aliphatic heterocycles. The highest BCUT2D eigenvalue weighted by Crippen LogP contribution is 2.34. The fourth-order valence-electron chi connectivity index (χ4n) is 2.03. The minimum Gasteiger partial charge on any atom is -0.467 e. The normalized spacial score (nSPS) is 18.2. The second-order valence-electron chi connectivity index (χ2n) is 4.24. The Kier molecular flexibility index (Phi) is 3.62. The minimum atomic E-state index is -1.31. The van der Waals surface area contributed by atoms with E-state index in [4.69, 9.17) is 0 Å². The van der Waals surface area contributed by atoms with Crippen molar-refractivity contribution >= 4 is 11.9 Å². The Balaban J connectivity index is 1.86. The van der Waals surface area contributed by atoms with E-state index in [0.717, 1.165) is 5.56 Å². The van der Waals surface area contributed by atoms with E-state index in [-0.39, 0.29) is 18.4 Å². The zero-order chi connectivity index (χ0) is 13.1. The third-order valence-corrected chi connectivity index (χ3v) is 3.11. The average Bonchev–Trinajstić information content (AvgIpc) is 2.36. The molecule has 1 aromatic carbocycles. The van der Waals surface area contributed by atoms with Crippen LogP contribution >= 0.6 is 0 Å². The van der Waals surface area contributed by atoms with Crippen molar-refractivity contribution in [3.05, 3.63) is 35.4 Å². The fourth-order valence-corrected chi connectivity index (χ4v) is 2.03. The molecule has 18 heavy (non-hydrogen) atoms. The van der Waals surface area contributed by atoms with Gasteiger partial charge in [0.25, 0.3) is 0 Å². The predicted octanol–water partition coefficient (Wildman–Crippen LogP) is -0.0236. The molecule has 0 saturated heterocycles. The van der Waals surface area contributed by atoms with Crippen molar-refractivity contribution in [3.8, 4) is 0 Å². The summed E-state index contributed by atoms with van der Waals surface area (Å²) in [5.74, 6) is -1.09. The number of carbonyl (C=O) groups excluding carboxylic acids is 2. The van der Waals surface area contributed by atoms with E-state index in [1.54, 1.807) is 0 Å². The lowest BCUT2D eigenvalue weighted by atomic mass is 9.77. The number of nitrogens with one attached hydrogen (secondary N) is 1. The minimum absolute atomic E-state index is 0.121. The molecule has 2 N–H and O–H groups in total. The molecule has 5 heteroatoms. The van der Waals surface area contributed by atoms with Crippen LogP contribution in [0.2, 0.25) is 0 Å². The molecule has 0 radical (unpaired) electrons. The highest BCUT2D eigenvalue weighted by molar-refractivity contribution is 5.87. The lowest BCUT2D eigenvalue weighted by Crippen LogP contribution is -2.41. The van der Waals surface area contributed by atoms with Gasteiger partial charge in [-0.15, -0.1) is 0 Å². The Bertz CT molecular complexity index is 472. The Hall–Kier alpha value is -1.88. The molecule has 1 aliphatic rings. The van der Waals surface area contributed by atoms with Crippen molar-refractivity contribution < 1.29 is 19.4 Å². The molecule has 2 rings (SSSR count). The average molecular weight is 249 g/mol. The topological polar surface area (TPSA) is 75.6 Å². The Morgan fingerprint density at radius 2 is 2.22 bits per heavy atom. The molecule has 2 atom stereocenters. The number of aliphatic hydroxyl groups is 1. The van der Waals surface area contributed by atoms with Gasteiger partial charge >= 0.3 is 5.97 Å². The summed E-state index contributed by atoms with van der Waals surface area (Å²) in [4.78, 5) is 22.8. The van der Waals surface area contributed by atoms with Gasteiger partial charge in [0.05, 0.1) is 19.6 Å². The highest BCUT2D eigenvalue weighted by atomic mass is 16.5. The first-order chi connectivity index (χ1) is 8.63. The molecule has 1 aliphatic carbocycles. The van der Waals surface area contributed by atoms with Crippen LogP contribution in [-0.2, 0) is 20.7 Å². The van der Waals surface area contributed by atoms with E-state index in [9.17, 15) is 14.7 Å². The van der Waals surface area contributed by atoms with Gasteiger partial charge < -0.3 is 15.2 Å². The number of esters is 1. The summed E-state index contributed by atoms with van der Waals surface area (Å²) in [6.07, 6.45) is -0.606. The van der Waals surface area contributed by atoms with Crippen molar-refractivity contribution in [1.29, 1.82) is 0 Å². The second kappa shape index (κ2) is 5.18. The van der Waals surface area contributed by atoms with Crippen molar-refractivity contribution in [2.24, 2.45) is 0 Å². The summed E-state index contributed by atoms with van der Waals surface area (Å²) in [6, 6.07) is 7.73. The molecule has 0 bridgehead atoms. The van der Waals surface area contributed by atoms with Gasteiger partial charge in [0.1, 0.15) is 0 Å². The second-order valence-corrected chi connectivity index (χ2v) is 4.24. The first kappa shape index (κ1) is 12.6. The summed E-state index contributed by atoms with van der Waals surface area (Å²) in [5, 5.41) is 11.9. The molecule has 0 heterocycles. The summed E-state index contributed by atoms with van der Waals surface area (Å²) >= 11 is 0. The fraction of sp³-hybridized carbons (Fsp3) is 0.385. The van der Waals surface area contributed by atoms with Gasteiger partial charge in [0, 0.05) is 0 Å². The van der Waals surface area contributed by atoms with E-state index in [0.29, 0.717) is 6.42 Å². The zero-order valence-corrected chi connectivity index (χ0v) is 10.1. The Labute approximate surface area is 105 Å². The highest BCUT2D eigenvalue weighted by Gasteiger charge is 2.32. The van der Waals surface area contributed by atoms with Crippen LogP contribution in [0.5, 0.6) is 0 Å². The number of aliphatic hydroxyl groups excluding tert-OH is 1. The monoisotopic (exact) mass is 249 g/mol. The molecular weight excluding hydrogens is 234 g/mol. The molecule has 0 spiro atoms. The summed E-state index contributed by atoms with van der Waals surface area (Å²) in [5.41, 5.74) is 2.19. The Morgan fingerprint density at radius 3 is 2.89 bits per heavy atom. The van der Waals surface area contributed by atoms with E-state index in [1.165, 1.54) is 12.7 Å². The van der Waals surface area contributed by atoms with Gasteiger partial charge in [-0.25, -0.2) is 4.79 Å². The Morgan fingerprint density at radius 1 is 1.50 bits per heavy atom. The van der Waals surface area contributed by atoms with Gasteiger partial charge in [-0.3, -0.25) is 4.79 Å². The number of ether oxygens (including phenoxy) is 1. The van der Waals surface area contributed by atoms with E-state index in [2.05, 4.69) is 10.1 Å². The molecule has 1 amide bonds. The van der Waals surface area contributed by atoms with Gasteiger partial charge in [-0.2, -0.15) is 0 Å². The smallest absolute Gasteiger partial charge is 0.336 e. The largest absolute Gasteiger partial charge is 0.467 e. The van der Waals surface area contributed by atoms with E-state index >= 15 is 0 Å². The molecule has 2 unspecified atom stereocenters. The van der Waals surface area contributed by atoms with Gasteiger partial charge in [-0.1, -0.05) is 24.3 Å². The first-order valence-corrected chi connectivity index (χ1v) is 5.75. The maximum atomic E-state index is 11.8. The number of benzene rings is 1. The number of hydrogen-bond donors (Lipinski definition) is 2. The SMILES string of the molecule is COC(=O)C(O)CNC(=O)C1Cc2ccccc21. The molecule has 0 aromatic heterocycles. The third-order valence-electron chi connectivity index (χ3n) is 3.11. The van der Waals surface area contributed by atoms with Crippen LogP contribution in [0.15, 0.2) is 24.3 Å². The molecular formula is C13H15NO4. The van der Waals surface area contributed by atoms with Crippen molar-refractivity contribution in [3.63, 3.8) is 0 Å². The summed E-state index contributed by atoms with van der Waals surface area (Å²) in [6.45, 7) is -0.121. The number of carbonyl (C=O) groups is 2. The van der Waals surface area contributed by atoms with Crippen LogP contribution in [0.4, 0.5) is 0 Å². The van der Waals surface area contributed by atoms with Crippen LogP contribution in [0, 0.1) is 0 Å². The molecule has 5 nitrogen and oxygen atoms in total. The molecule has 96 valence electrons. The summed E-state index contributed by atoms with van der Waals surface area (Å²) < 4.78 is 4.36. The van der Waals surface area contributed by atoms with E-state index < -0.39 is 12.1 Å². The maximum Gasteiger partial charge on any atom is 0.336 e. The zero-order valence-electron chi connectivity index (χ0n) is 10.1. The van der Waals surface area contributed by atoms with Crippen molar-refractivity contribution in [2.45, 2.75) is 18.4 Å². The van der Waals surface area contributed by atoms with Crippen LogP contribution < -0.4 is 5.32 Å². The lowest BCUT2D eigenvalue weighted by Gasteiger charge is -2.29. The van der Waals surface area contributed by atoms with Gasteiger partial charge in [-0.05, 0) is 17.5 Å². The molecule has 0 saturated carbocycles. The standard InChI is InChI=1S/C13H15NO4/c1-18-13(17)11(15)7-14-12(16)10-6-8-4-2-3-5-9(8)10/h2-5,10-11,15H,6-7H2,1H3,(H,14,16). The van der Waals surface area contributed by atoms with Crippen LogP contribution in [0.25, 0.3) is 0 Å². The van der Waals surface area contributed by atoms with Gasteiger partial charge in [0.2, 0.25) is 5.91 Å². The van der Waals surface area contributed by atoms with Gasteiger partial charge in [0.15, 0.2) is 6.10 Å². The quantitative estimate of drug-likeness (QED) is 0.735. The predicted molar refractivity (Wildman–Crippen MR) is 63.9 cm³/mol. The maximum absolute atomic E-state index is 11.8. The van der Waals surface area contributed by atoms with Crippen molar-refractivity contribution in [2.75, 3.05) is 13.7 Å². The van der Waals surface area contributed by atoms with Crippen molar-refractivity contribution in [1.82, 2.24) is 5.32 Å². The first-order valence-electron chi connectivity index (χ1n) is 5.75. The third kappa shape index (κ3) is 2.36. The number of methoxy groups -OCH3 is 1. The van der Waals surface area contributed by atoms with E-state index in [1.807, 2.05) is 24.3 Å². The van der Waals surface area contributed by atoms with Crippen LogP contribution in [0.1, 0.15) is 17.0 Å². The number of rotatable bonds is 4. The van der Waals surface area contributed by atoms with Crippen LogP contribution in [-0.4, -0.2) is 36.7 Å².